The molecule has 20 heavy (non-hydrogen) atoms. The third-order valence-corrected chi connectivity index (χ3v) is 3.80. The summed E-state index contributed by atoms with van der Waals surface area (Å²) in [6.45, 7) is 2.11. The van der Waals surface area contributed by atoms with Crippen LogP contribution in [0.1, 0.15) is 36.3 Å². The Kier molecular flexibility index (Phi) is 3.59. The maximum absolute atomic E-state index is 6.15. The van der Waals surface area contributed by atoms with Crippen LogP contribution >= 0.6 is 0 Å². The highest BCUT2D eigenvalue weighted by molar-refractivity contribution is 5.48. The fraction of sp³-hybridized carbons (Fsp3) is 0.353. The van der Waals surface area contributed by atoms with Crippen molar-refractivity contribution in [3.8, 4) is 11.5 Å². The molecule has 0 fully saturated rings. The molecule has 1 atom stereocenters. The monoisotopic (exact) mass is 269 g/mol. The highest BCUT2D eigenvalue weighted by Crippen LogP contribution is 2.40. The minimum Gasteiger partial charge on any atom is -0.493 e. The molecule has 2 aromatic rings. The smallest absolute Gasteiger partial charge is 0.165 e. The molecule has 2 heterocycles. The first-order chi connectivity index (χ1) is 9.81. The van der Waals surface area contributed by atoms with Crippen LogP contribution in [0, 0.1) is 0 Å². The van der Waals surface area contributed by atoms with Crippen molar-refractivity contribution in [2.24, 2.45) is 0 Å². The lowest BCUT2D eigenvalue weighted by Gasteiger charge is -2.27. The van der Waals surface area contributed by atoms with Crippen LogP contribution < -0.4 is 9.47 Å². The van der Waals surface area contributed by atoms with Gasteiger partial charge in [-0.1, -0.05) is 25.1 Å². The van der Waals surface area contributed by atoms with Gasteiger partial charge < -0.3 is 9.47 Å². The average Bonchev–Trinajstić information content (AvgIpc) is 2.54. The van der Waals surface area contributed by atoms with E-state index in [4.69, 9.17) is 9.47 Å². The SMILES string of the molecule is CCc1ccc(C2CCc3cccc(OC)c3O2)cn1. The van der Waals surface area contributed by atoms with Gasteiger partial charge in [0.05, 0.1) is 7.11 Å². The van der Waals surface area contributed by atoms with Crippen LogP contribution in [0.4, 0.5) is 0 Å². The molecule has 0 spiro atoms. The number of para-hydroxylation sites is 1. The Morgan fingerprint density at radius 2 is 2.20 bits per heavy atom. The van der Waals surface area contributed by atoms with Crippen molar-refractivity contribution < 1.29 is 9.47 Å². The maximum atomic E-state index is 6.15. The van der Waals surface area contributed by atoms with Gasteiger partial charge in [-0.15, -0.1) is 0 Å². The van der Waals surface area contributed by atoms with Gasteiger partial charge in [0.15, 0.2) is 11.5 Å². The van der Waals surface area contributed by atoms with Crippen LogP contribution in [0.5, 0.6) is 11.5 Å². The highest BCUT2D eigenvalue weighted by atomic mass is 16.5. The van der Waals surface area contributed by atoms with Crippen LogP contribution in [-0.4, -0.2) is 12.1 Å². The van der Waals surface area contributed by atoms with Gasteiger partial charge in [-0.05, 0) is 37.0 Å². The molecule has 0 N–H and O–H groups in total. The van der Waals surface area contributed by atoms with E-state index in [0.717, 1.165) is 42.0 Å². The second-order valence-corrected chi connectivity index (χ2v) is 5.03. The number of hydrogen-bond acceptors (Lipinski definition) is 3. The molecule has 3 heteroatoms. The number of methoxy groups -OCH3 is 1. The van der Waals surface area contributed by atoms with Gasteiger partial charge in [0.2, 0.25) is 0 Å². The topological polar surface area (TPSA) is 31.4 Å². The third-order valence-electron chi connectivity index (χ3n) is 3.80. The van der Waals surface area contributed by atoms with E-state index in [9.17, 15) is 0 Å². The summed E-state index contributed by atoms with van der Waals surface area (Å²) in [5.41, 5.74) is 3.47. The lowest BCUT2D eigenvalue weighted by molar-refractivity contribution is 0.168. The van der Waals surface area contributed by atoms with E-state index in [0.29, 0.717) is 0 Å². The number of aryl methyl sites for hydroxylation is 2. The Balaban J connectivity index is 1.87. The summed E-state index contributed by atoms with van der Waals surface area (Å²) in [4.78, 5) is 4.46. The molecular formula is C17H19NO2. The van der Waals surface area contributed by atoms with E-state index in [1.54, 1.807) is 7.11 Å². The predicted octanol–water partition coefficient (Wildman–Crippen LogP) is 3.72. The molecular weight excluding hydrogens is 250 g/mol. The molecule has 1 aromatic carbocycles. The molecule has 1 aromatic heterocycles. The molecule has 0 bridgehead atoms. The van der Waals surface area contributed by atoms with Crippen molar-refractivity contribution in [1.82, 2.24) is 4.98 Å². The second-order valence-electron chi connectivity index (χ2n) is 5.03. The van der Waals surface area contributed by atoms with Gasteiger partial charge in [0, 0.05) is 17.5 Å². The van der Waals surface area contributed by atoms with Crippen molar-refractivity contribution in [3.05, 3.63) is 53.3 Å². The number of benzene rings is 1. The number of hydrogen-bond donors (Lipinski definition) is 0. The van der Waals surface area contributed by atoms with Gasteiger partial charge in [-0.3, -0.25) is 4.98 Å². The zero-order chi connectivity index (χ0) is 13.9. The van der Waals surface area contributed by atoms with Crippen molar-refractivity contribution in [3.63, 3.8) is 0 Å². The molecule has 1 aliphatic heterocycles. The number of pyridine rings is 1. The number of ether oxygens (including phenoxy) is 2. The fourth-order valence-electron chi connectivity index (χ4n) is 2.61. The largest absolute Gasteiger partial charge is 0.493 e. The van der Waals surface area contributed by atoms with Gasteiger partial charge in [0.25, 0.3) is 0 Å². The van der Waals surface area contributed by atoms with Gasteiger partial charge >= 0.3 is 0 Å². The summed E-state index contributed by atoms with van der Waals surface area (Å²) in [6, 6.07) is 10.3. The van der Waals surface area contributed by atoms with Crippen molar-refractivity contribution in [2.75, 3.05) is 7.11 Å². The zero-order valence-electron chi connectivity index (χ0n) is 11.9. The van der Waals surface area contributed by atoms with E-state index in [2.05, 4.69) is 30.1 Å². The van der Waals surface area contributed by atoms with Gasteiger partial charge in [0.1, 0.15) is 6.10 Å². The molecule has 1 aliphatic rings. The van der Waals surface area contributed by atoms with Gasteiger partial charge in [-0.2, -0.15) is 0 Å². The molecule has 0 saturated carbocycles. The Morgan fingerprint density at radius 1 is 1.30 bits per heavy atom. The number of rotatable bonds is 3. The van der Waals surface area contributed by atoms with Crippen LogP contribution in [0.15, 0.2) is 36.5 Å². The lowest BCUT2D eigenvalue weighted by atomic mass is 9.98. The summed E-state index contributed by atoms with van der Waals surface area (Å²) in [5.74, 6) is 1.69. The average molecular weight is 269 g/mol. The minimum atomic E-state index is 0.0669. The standard InChI is InChI=1S/C17H19NO2/c1-3-14-9-7-13(11-18-14)15-10-8-12-5-4-6-16(19-2)17(12)20-15/h4-7,9,11,15H,3,8,10H2,1-2H3. The molecule has 0 amide bonds. The molecule has 3 nitrogen and oxygen atoms in total. The molecule has 3 rings (SSSR count). The number of fused-ring (bicyclic) bond motifs is 1. The Labute approximate surface area is 119 Å². The van der Waals surface area contributed by atoms with Crippen molar-refractivity contribution >= 4 is 0 Å². The van der Waals surface area contributed by atoms with Crippen LogP contribution in [-0.2, 0) is 12.8 Å². The highest BCUT2D eigenvalue weighted by Gasteiger charge is 2.24. The van der Waals surface area contributed by atoms with Crippen LogP contribution in [0.3, 0.4) is 0 Å². The first-order valence-electron chi connectivity index (χ1n) is 7.09. The minimum absolute atomic E-state index is 0.0669. The fourth-order valence-corrected chi connectivity index (χ4v) is 2.61. The van der Waals surface area contributed by atoms with E-state index in [1.807, 2.05) is 18.3 Å². The van der Waals surface area contributed by atoms with E-state index in [-0.39, 0.29) is 6.10 Å². The molecule has 0 aliphatic carbocycles. The second kappa shape index (κ2) is 5.53. The van der Waals surface area contributed by atoms with E-state index < -0.39 is 0 Å². The zero-order valence-corrected chi connectivity index (χ0v) is 11.9. The van der Waals surface area contributed by atoms with Crippen molar-refractivity contribution in [2.45, 2.75) is 32.3 Å². The van der Waals surface area contributed by atoms with Crippen LogP contribution in [0.2, 0.25) is 0 Å². The number of aromatic nitrogens is 1. The normalized spacial score (nSPS) is 17.2. The summed E-state index contributed by atoms with van der Waals surface area (Å²) >= 11 is 0. The summed E-state index contributed by atoms with van der Waals surface area (Å²) in [6.07, 6.45) is 4.95. The Morgan fingerprint density at radius 3 is 2.90 bits per heavy atom. The van der Waals surface area contributed by atoms with E-state index >= 15 is 0 Å². The van der Waals surface area contributed by atoms with E-state index in [1.165, 1.54) is 5.56 Å². The Hall–Kier alpha value is -2.03. The van der Waals surface area contributed by atoms with Crippen molar-refractivity contribution in [1.29, 1.82) is 0 Å². The summed E-state index contributed by atoms with van der Waals surface area (Å²) in [7, 11) is 1.68. The first-order valence-corrected chi connectivity index (χ1v) is 7.09. The molecule has 104 valence electrons. The predicted molar refractivity (Wildman–Crippen MR) is 78.3 cm³/mol. The first kappa shape index (κ1) is 13.0. The maximum Gasteiger partial charge on any atom is 0.165 e. The van der Waals surface area contributed by atoms with Gasteiger partial charge in [-0.25, -0.2) is 0 Å². The lowest BCUT2D eigenvalue weighted by Crippen LogP contribution is -2.16. The quantitative estimate of drug-likeness (QED) is 0.851. The molecule has 0 radical (unpaired) electrons. The summed E-state index contributed by atoms with van der Waals surface area (Å²) < 4.78 is 11.5. The van der Waals surface area contributed by atoms with Crippen LogP contribution in [0.25, 0.3) is 0 Å². The Bertz CT molecular complexity index is 578. The summed E-state index contributed by atoms with van der Waals surface area (Å²) in [5, 5.41) is 0. The molecule has 0 saturated heterocycles. The third kappa shape index (κ3) is 2.36. The molecule has 1 unspecified atom stereocenters. The number of nitrogens with zero attached hydrogens (tertiary/aromatic N) is 1.